The van der Waals surface area contributed by atoms with E-state index in [0.717, 1.165) is 17.8 Å². The van der Waals surface area contributed by atoms with Gasteiger partial charge in [0, 0.05) is 18.2 Å². The number of carbonyl (C=O) groups is 1. The number of thioether (sulfide) groups is 1. The average Bonchev–Trinajstić information content (AvgIpc) is 2.68. The summed E-state index contributed by atoms with van der Waals surface area (Å²) >= 11 is 7.09. The van der Waals surface area contributed by atoms with Crippen molar-refractivity contribution in [3.8, 4) is 0 Å². The molecule has 0 radical (unpaired) electrons. The molecule has 0 unspecified atom stereocenters. The summed E-state index contributed by atoms with van der Waals surface area (Å²) in [7, 11) is -0.654. The molecule has 2 N–H and O–H groups in total. The minimum Gasteiger partial charge on any atom is -0.400 e. The summed E-state index contributed by atoms with van der Waals surface area (Å²) in [5, 5.41) is 0.103. The van der Waals surface area contributed by atoms with Crippen LogP contribution < -0.4 is 5.73 Å². The highest BCUT2D eigenvalue weighted by molar-refractivity contribution is 8.13. The lowest BCUT2D eigenvalue weighted by atomic mass is 9.78. The van der Waals surface area contributed by atoms with E-state index in [1.807, 2.05) is 27.7 Å². The fourth-order valence-electron chi connectivity index (χ4n) is 2.28. The van der Waals surface area contributed by atoms with Gasteiger partial charge in [-0.15, -0.1) is 0 Å². The average molecular weight is 386 g/mol. The van der Waals surface area contributed by atoms with Crippen LogP contribution in [0.25, 0.3) is 6.08 Å². The van der Waals surface area contributed by atoms with Crippen molar-refractivity contribution in [3.05, 3.63) is 34.0 Å². The van der Waals surface area contributed by atoms with Crippen molar-refractivity contribution in [1.29, 1.82) is 0 Å². The van der Waals surface area contributed by atoms with Gasteiger partial charge in [-0.2, -0.15) is 0 Å². The number of halogens is 2. The maximum absolute atomic E-state index is 13.7. The van der Waals surface area contributed by atoms with Gasteiger partial charge in [0.1, 0.15) is 5.82 Å². The highest BCUT2D eigenvalue weighted by Crippen LogP contribution is 2.40. The minimum atomic E-state index is -0.654. The van der Waals surface area contributed by atoms with E-state index < -0.39 is 24.1 Å². The molecule has 1 aromatic carbocycles. The molecule has 1 aliphatic heterocycles. The SMILES string of the molecule is CC(=O)SCC(=Cc1cc(F)cc(Cl)c1N)B1OC(C)(C)C(C)(C)O1. The zero-order chi connectivity index (χ0) is 19.0. The van der Waals surface area contributed by atoms with Gasteiger partial charge in [0.15, 0.2) is 5.12 Å². The summed E-state index contributed by atoms with van der Waals surface area (Å²) in [4.78, 5) is 11.4. The standard InChI is InChI=1S/C17H22BClFNO3S/c1-10(22)25-9-12(18-23-16(2,3)17(4,5)24-18)6-11-7-13(20)8-14(19)15(11)21/h6-8H,9,21H2,1-5H3. The predicted octanol–water partition coefficient (Wildman–Crippen LogP) is 4.36. The molecule has 0 aliphatic carbocycles. The van der Waals surface area contributed by atoms with Crippen LogP contribution in [0.5, 0.6) is 0 Å². The zero-order valence-corrected chi connectivity index (χ0v) is 16.6. The van der Waals surface area contributed by atoms with Crippen LogP contribution in [0.4, 0.5) is 10.1 Å². The molecule has 2 rings (SSSR count). The van der Waals surface area contributed by atoms with E-state index in [0.29, 0.717) is 16.8 Å². The molecule has 1 aromatic rings. The van der Waals surface area contributed by atoms with Crippen LogP contribution in [0.15, 0.2) is 17.6 Å². The molecule has 0 atom stereocenters. The summed E-state index contributed by atoms with van der Waals surface area (Å²) in [5.74, 6) is -0.141. The summed E-state index contributed by atoms with van der Waals surface area (Å²) in [6.07, 6.45) is 1.68. The Morgan fingerprint density at radius 1 is 1.32 bits per heavy atom. The molecular formula is C17H22BClFNO3S. The first-order chi connectivity index (χ1) is 11.4. The molecule has 136 valence electrons. The molecule has 0 aromatic heterocycles. The Kier molecular flexibility index (Phi) is 5.94. The first kappa shape index (κ1) is 20.3. The maximum Gasteiger partial charge on any atom is 0.491 e. The molecule has 0 amide bonds. The van der Waals surface area contributed by atoms with E-state index in [-0.39, 0.29) is 15.8 Å². The van der Waals surface area contributed by atoms with Crippen LogP contribution in [0.3, 0.4) is 0 Å². The fraction of sp³-hybridized carbons (Fsp3) is 0.471. The highest BCUT2D eigenvalue weighted by atomic mass is 35.5. The Hall–Kier alpha value is -1.02. The Morgan fingerprint density at radius 2 is 1.88 bits per heavy atom. The van der Waals surface area contributed by atoms with Gasteiger partial charge in [-0.25, -0.2) is 4.39 Å². The van der Waals surface area contributed by atoms with Crippen LogP contribution in [0, 0.1) is 5.82 Å². The topological polar surface area (TPSA) is 61.6 Å². The Balaban J connectivity index is 2.42. The molecule has 8 heteroatoms. The summed E-state index contributed by atoms with van der Waals surface area (Å²) in [5.41, 5.74) is 6.30. The molecule has 1 fully saturated rings. The van der Waals surface area contributed by atoms with Gasteiger partial charge >= 0.3 is 7.12 Å². The predicted molar refractivity (Wildman–Crippen MR) is 103 cm³/mol. The van der Waals surface area contributed by atoms with E-state index in [2.05, 4.69) is 0 Å². The number of anilines is 1. The summed E-state index contributed by atoms with van der Waals surface area (Å²) < 4.78 is 25.8. The lowest BCUT2D eigenvalue weighted by molar-refractivity contribution is -0.109. The number of nitrogens with two attached hydrogens (primary N) is 1. The van der Waals surface area contributed by atoms with Gasteiger partial charge < -0.3 is 15.0 Å². The largest absolute Gasteiger partial charge is 0.491 e. The van der Waals surface area contributed by atoms with Crippen molar-refractivity contribution in [2.75, 3.05) is 11.5 Å². The number of hydrogen-bond donors (Lipinski definition) is 1. The molecule has 25 heavy (non-hydrogen) atoms. The van der Waals surface area contributed by atoms with Crippen molar-refractivity contribution in [3.63, 3.8) is 0 Å². The van der Waals surface area contributed by atoms with Crippen molar-refractivity contribution in [2.24, 2.45) is 0 Å². The minimum absolute atomic E-state index is 0.0346. The molecule has 0 saturated carbocycles. The second-order valence-electron chi connectivity index (χ2n) is 6.98. The number of benzene rings is 1. The summed E-state index contributed by atoms with van der Waals surface area (Å²) in [6, 6.07) is 2.46. The van der Waals surface area contributed by atoms with Crippen molar-refractivity contribution in [1.82, 2.24) is 0 Å². The third-order valence-electron chi connectivity index (χ3n) is 4.47. The van der Waals surface area contributed by atoms with Gasteiger partial charge in [-0.05, 0) is 45.3 Å². The molecular weight excluding hydrogens is 364 g/mol. The highest BCUT2D eigenvalue weighted by Gasteiger charge is 2.52. The Labute approximate surface area is 157 Å². The van der Waals surface area contributed by atoms with E-state index in [1.165, 1.54) is 13.0 Å². The van der Waals surface area contributed by atoms with E-state index in [9.17, 15) is 9.18 Å². The van der Waals surface area contributed by atoms with Gasteiger partial charge in [0.2, 0.25) is 0 Å². The fourth-order valence-corrected chi connectivity index (χ4v) is 3.08. The monoisotopic (exact) mass is 385 g/mol. The van der Waals surface area contributed by atoms with E-state index in [4.69, 9.17) is 26.6 Å². The van der Waals surface area contributed by atoms with E-state index in [1.54, 1.807) is 6.08 Å². The Morgan fingerprint density at radius 3 is 2.40 bits per heavy atom. The lowest BCUT2D eigenvalue weighted by Crippen LogP contribution is -2.41. The van der Waals surface area contributed by atoms with Crippen LogP contribution in [-0.4, -0.2) is 29.2 Å². The smallest absolute Gasteiger partial charge is 0.400 e. The summed E-state index contributed by atoms with van der Waals surface area (Å²) in [6.45, 7) is 9.25. The number of nitrogen functional groups attached to an aromatic ring is 1. The second kappa shape index (κ2) is 7.31. The van der Waals surface area contributed by atoms with Crippen LogP contribution in [0.1, 0.15) is 40.2 Å². The van der Waals surface area contributed by atoms with Gasteiger partial charge in [-0.1, -0.05) is 29.4 Å². The first-order valence-corrected chi connectivity index (χ1v) is 9.23. The number of carbonyl (C=O) groups excluding carboxylic acids is 1. The quantitative estimate of drug-likeness (QED) is 0.616. The molecule has 1 saturated heterocycles. The Bertz CT molecular complexity index is 708. The molecule has 0 spiro atoms. The maximum atomic E-state index is 13.7. The van der Waals surface area contributed by atoms with E-state index >= 15 is 0 Å². The lowest BCUT2D eigenvalue weighted by Gasteiger charge is -2.32. The van der Waals surface area contributed by atoms with Crippen molar-refractivity contribution in [2.45, 2.75) is 45.8 Å². The van der Waals surface area contributed by atoms with Gasteiger partial charge in [-0.3, -0.25) is 4.79 Å². The normalized spacial score (nSPS) is 19.3. The van der Waals surface area contributed by atoms with Crippen LogP contribution in [0.2, 0.25) is 5.02 Å². The second-order valence-corrected chi connectivity index (χ2v) is 8.54. The number of hydrogen-bond acceptors (Lipinski definition) is 5. The van der Waals surface area contributed by atoms with Crippen molar-refractivity contribution >= 4 is 47.4 Å². The molecule has 0 bridgehead atoms. The van der Waals surface area contributed by atoms with Crippen molar-refractivity contribution < 1.29 is 18.5 Å². The van der Waals surface area contributed by atoms with Crippen LogP contribution in [-0.2, 0) is 14.1 Å². The molecule has 1 aliphatic rings. The molecule has 1 heterocycles. The van der Waals surface area contributed by atoms with Gasteiger partial charge in [0.05, 0.1) is 21.9 Å². The third-order valence-corrected chi connectivity index (χ3v) is 5.66. The zero-order valence-electron chi connectivity index (χ0n) is 15.0. The van der Waals surface area contributed by atoms with Crippen LogP contribution >= 0.6 is 23.4 Å². The first-order valence-electron chi connectivity index (χ1n) is 7.87. The number of rotatable bonds is 4. The third kappa shape index (κ3) is 4.59. The van der Waals surface area contributed by atoms with Gasteiger partial charge in [0.25, 0.3) is 0 Å². The molecule has 4 nitrogen and oxygen atoms in total.